The molecule has 2 aromatic carbocycles. The molecule has 44 heavy (non-hydrogen) atoms. The maximum Gasteiger partial charge on any atom is 0.253 e. The normalized spacial score (nSPS) is 27.6. The van der Waals surface area contributed by atoms with E-state index in [0.717, 1.165) is 18.8 Å². The summed E-state index contributed by atoms with van der Waals surface area (Å²) in [6.07, 6.45) is 6.73. The molecule has 10 nitrogen and oxygen atoms in total. The third-order valence-electron chi connectivity index (χ3n) is 9.25. The summed E-state index contributed by atoms with van der Waals surface area (Å²) < 4.78 is 12.3. The van der Waals surface area contributed by atoms with E-state index in [9.17, 15) is 19.5 Å². The monoisotopic (exact) mass is 600 g/mol. The fraction of sp³-hybridized carbons (Fsp3) is 0.441. The lowest BCUT2D eigenvalue weighted by molar-refractivity contribution is -0.141. The molecule has 6 rings (SSSR count). The predicted molar refractivity (Wildman–Crippen MR) is 168 cm³/mol. The standard InChI is InChI=1S/C34H40N4O6/c1-4-35(5-2)23-10-12-24(13-11-23)37-20-8-18-34-29(32(41)38(21-22-39)30(34)33(37)42)28-27(44-34)9-7-19-36(31(28)40)25-14-16-26(17-15-25)43-6-3/h7-18,27-30,39H,4-6,19-22H2,1-3H3/t27-,28+,29-,30?,34-/m0/s1. The number of amides is 3. The molecule has 1 N–H and O–H groups in total. The molecule has 1 unspecified atom stereocenters. The first kappa shape index (κ1) is 29.9. The third-order valence-corrected chi connectivity index (χ3v) is 9.25. The summed E-state index contributed by atoms with van der Waals surface area (Å²) in [4.78, 5) is 49.9. The Balaban J connectivity index is 1.35. The molecule has 1 spiro atoms. The van der Waals surface area contributed by atoms with Crippen molar-refractivity contribution in [3.8, 4) is 5.75 Å². The Morgan fingerprint density at radius 2 is 1.52 bits per heavy atom. The summed E-state index contributed by atoms with van der Waals surface area (Å²) in [6.45, 7) is 8.64. The molecule has 2 saturated heterocycles. The number of likely N-dealkylation sites (tertiary alicyclic amines) is 1. The number of rotatable bonds is 9. The van der Waals surface area contributed by atoms with Crippen LogP contribution in [0.15, 0.2) is 72.8 Å². The van der Waals surface area contributed by atoms with Crippen molar-refractivity contribution in [2.24, 2.45) is 11.8 Å². The SMILES string of the molecule is CCOc1ccc(N2CC=C[C@@H]3O[C@]45C=CCN(c6ccc(N(CC)CC)cc6)C(=O)C4N(CCO)C(=O)[C@@H]5[C@@H]3C2=O)cc1. The van der Waals surface area contributed by atoms with Crippen LogP contribution >= 0.6 is 0 Å². The van der Waals surface area contributed by atoms with Crippen molar-refractivity contribution in [1.82, 2.24) is 4.90 Å². The largest absolute Gasteiger partial charge is 0.494 e. The van der Waals surface area contributed by atoms with Gasteiger partial charge in [-0.2, -0.15) is 0 Å². The number of carbonyl (C=O) groups excluding carboxylic acids is 3. The fourth-order valence-electron chi connectivity index (χ4n) is 7.27. The van der Waals surface area contributed by atoms with Crippen molar-refractivity contribution in [1.29, 1.82) is 0 Å². The topological polar surface area (TPSA) is 103 Å². The summed E-state index contributed by atoms with van der Waals surface area (Å²) >= 11 is 0. The number of benzene rings is 2. The molecule has 4 aliphatic rings. The Morgan fingerprint density at radius 3 is 2.16 bits per heavy atom. The van der Waals surface area contributed by atoms with Gasteiger partial charge in [-0.25, -0.2) is 0 Å². The first-order valence-corrected chi connectivity index (χ1v) is 15.5. The molecule has 2 aromatic rings. The van der Waals surface area contributed by atoms with Gasteiger partial charge in [-0.05, 0) is 69.3 Å². The number of hydrogen-bond donors (Lipinski definition) is 1. The molecule has 232 valence electrons. The molecule has 0 bridgehead atoms. The molecular formula is C34H40N4O6. The van der Waals surface area contributed by atoms with Crippen LogP contribution in [-0.4, -0.2) is 91.4 Å². The van der Waals surface area contributed by atoms with Crippen molar-refractivity contribution >= 4 is 34.8 Å². The van der Waals surface area contributed by atoms with Crippen LogP contribution in [0, 0.1) is 11.8 Å². The highest BCUT2D eigenvalue weighted by molar-refractivity contribution is 6.07. The van der Waals surface area contributed by atoms with E-state index in [4.69, 9.17) is 9.47 Å². The van der Waals surface area contributed by atoms with Crippen LogP contribution in [-0.2, 0) is 19.1 Å². The molecule has 3 amide bonds. The van der Waals surface area contributed by atoms with Gasteiger partial charge in [0.2, 0.25) is 11.8 Å². The van der Waals surface area contributed by atoms with Crippen molar-refractivity contribution in [2.45, 2.75) is 38.5 Å². The van der Waals surface area contributed by atoms with E-state index in [2.05, 4.69) is 18.7 Å². The Labute approximate surface area is 258 Å². The zero-order valence-corrected chi connectivity index (χ0v) is 25.5. The van der Waals surface area contributed by atoms with E-state index in [0.29, 0.717) is 30.3 Å². The van der Waals surface area contributed by atoms with Crippen molar-refractivity contribution in [3.63, 3.8) is 0 Å². The zero-order chi connectivity index (χ0) is 31.0. The lowest BCUT2D eigenvalue weighted by atomic mass is 9.77. The van der Waals surface area contributed by atoms with E-state index in [-0.39, 0.29) is 37.4 Å². The van der Waals surface area contributed by atoms with Crippen LogP contribution in [0.2, 0.25) is 0 Å². The first-order valence-electron chi connectivity index (χ1n) is 15.5. The number of fused-ring (bicyclic) bond motifs is 2. The zero-order valence-electron chi connectivity index (χ0n) is 25.5. The number of aliphatic hydroxyl groups is 1. The Morgan fingerprint density at radius 1 is 0.886 bits per heavy atom. The number of β-amino-alcohol motifs (C(OH)–C–C–N with tert-alkyl or cyclic N) is 1. The number of carbonyl (C=O) groups is 3. The van der Waals surface area contributed by atoms with Gasteiger partial charge in [-0.3, -0.25) is 14.4 Å². The van der Waals surface area contributed by atoms with E-state index >= 15 is 0 Å². The van der Waals surface area contributed by atoms with Gasteiger partial charge in [-0.1, -0.05) is 24.3 Å². The number of hydrogen-bond acceptors (Lipinski definition) is 7. The Kier molecular flexibility index (Phi) is 8.22. The van der Waals surface area contributed by atoms with Crippen molar-refractivity contribution < 1.29 is 29.0 Å². The van der Waals surface area contributed by atoms with Gasteiger partial charge in [0.05, 0.1) is 31.2 Å². The van der Waals surface area contributed by atoms with Crippen molar-refractivity contribution in [2.75, 3.05) is 60.6 Å². The average molecular weight is 601 g/mol. The van der Waals surface area contributed by atoms with E-state index in [1.807, 2.05) is 79.8 Å². The minimum Gasteiger partial charge on any atom is -0.494 e. The maximum atomic E-state index is 14.4. The number of nitrogens with zero attached hydrogens (tertiary/aromatic N) is 4. The Hall–Kier alpha value is -4.15. The highest BCUT2D eigenvalue weighted by Crippen LogP contribution is 2.53. The Bertz CT molecular complexity index is 1450. The smallest absolute Gasteiger partial charge is 0.253 e. The van der Waals surface area contributed by atoms with Crippen LogP contribution < -0.4 is 19.4 Å². The lowest BCUT2D eigenvalue weighted by Crippen LogP contribution is -2.55. The minimum absolute atomic E-state index is 0.0382. The van der Waals surface area contributed by atoms with Crippen LogP contribution in [0.3, 0.4) is 0 Å². The highest BCUT2D eigenvalue weighted by atomic mass is 16.5. The van der Waals surface area contributed by atoms with E-state index in [1.165, 1.54) is 4.90 Å². The average Bonchev–Trinajstić information content (AvgIpc) is 3.34. The van der Waals surface area contributed by atoms with Gasteiger partial charge >= 0.3 is 0 Å². The van der Waals surface area contributed by atoms with Gasteiger partial charge in [0.1, 0.15) is 17.4 Å². The molecule has 2 fully saturated rings. The second-order valence-electron chi connectivity index (χ2n) is 11.4. The highest BCUT2D eigenvalue weighted by Gasteiger charge is 2.71. The van der Waals surface area contributed by atoms with E-state index < -0.39 is 29.6 Å². The fourth-order valence-corrected chi connectivity index (χ4v) is 7.27. The maximum absolute atomic E-state index is 14.4. The summed E-state index contributed by atoms with van der Waals surface area (Å²) in [7, 11) is 0. The van der Waals surface area contributed by atoms with Crippen LogP contribution in [0.5, 0.6) is 5.75 Å². The minimum atomic E-state index is -1.35. The molecule has 10 heteroatoms. The summed E-state index contributed by atoms with van der Waals surface area (Å²) in [5, 5.41) is 9.97. The van der Waals surface area contributed by atoms with Gasteiger partial charge in [-0.15, -0.1) is 0 Å². The summed E-state index contributed by atoms with van der Waals surface area (Å²) in [6, 6.07) is 14.1. The van der Waals surface area contributed by atoms with Crippen molar-refractivity contribution in [3.05, 3.63) is 72.8 Å². The van der Waals surface area contributed by atoms with E-state index in [1.54, 1.807) is 9.80 Å². The molecule has 0 aromatic heterocycles. The predicted octanol–water partition coefficient (Wildman–Crippen LogP) is 3.01. The van der Waals surface area contributed by atoms with Crippen LogP contribution in [0.4, 0.5) is 17.1 Å². The first-order chi connectivity index (χ1) is 21.4. The molecule has 0 saturated carbocycles. The molecule has 0 radical (unpaired) electrons. The number of ether oxygens (including phenoxy) is 2. The second kappa shape index (κ2) is 12.1. The lowest BCUT2D eigenvalue weighted by Gasteiger charge is -2.35. The van der Waals surface area contributed by atoms with Crippen LogP contribution in [0.1, 0.15) is 20.8 Å². The quantitative estimate of drug-likeness (QED) is 0.442. The summed E-state index contributed by atoms with van der Waals surface area (Å²) in [5.41, 5.74) is 1.10. The number of aliphatic hydroxyl groups excluding tert-OH is 1. The third kappa shape index (κ3) is 4.77. The number of anilines is 3. The van der Waals surface area contributed by atoms with Gasteiger partial charge in [0.25, 0.3) is 5.91 Å². The van der Waals surface area contributed by atoms with Crippen LogP contribution in [0.25, 0.3) is 0 Å². The molecule has 4 heterocycles. The van der Waals surface area contributed by atoms with Gasteiger partial charge < -0.3 is 34.2 Å². The summed E-state index contributed by atoms with van der Waals surface area (Å²) in [5.74, 6) is -1.95. The van der Waals surface area contributed by atoms with Gasteiger partial charge in [0, 0.05) is 49.8 Å². The second-order valence-corrected chi connectivity index (χ2v) is 11.4. The molecule has 5 atom stereocenters. The molecule has 4 aliphatic heterocycles. The van der Waals surface area contributed by atoms with Gasteiger partial charge in [0.15, 0.2) is 0 Å². The molecule has 0 aliphatic carbocycles. The molecular weight excluding hydrogens is 560 g/mol.